The fourth-order valence-corrected chi connectivity index (χ4v) is 3.04. The third-order valence-electron chi connectivity index (χ3n) is 4.53. The summed E-state index contributed by atoms with van der Waals surface area (Å²) in [5.74, 6) is -0.0653. The summed E-state index contributed by atoms with van der Waals surface area (Å²) in [5, 5.41) is 5.66. The number of carbonyl (C=O) groups is 2. The number of amides is 2. The summed E-state index contributed by atoms with van der Waals surface area (Å²) in [4.78, 5) is 25.5. The molecular weight excluding hydrogens is 309 g/mol. The van der Waals surface area contributed by atoms with Gasteiger partial charge in [0, 0.05) is 32.1 Å². The predicted octanol–water partition coefficient (Wildman–Crippen LogP) is 1.68. The number of halogens is 1. The van der Waals surface area contributed by atoms with Crippen LogP contribution >= 0.6 is 0 Å². The monoisotopic (exact) mass is 335 g/mol. The van der Waals surface area contributed by atoms with Gasteiger partial charge in [0.25, 0.3) is 0 Å². The summed E-state index contributed by atoms with van der Waals surface area (Å²) >= 11 is 0. The Morgan fingerprint density at radius 1 is 1.33 bits per heavy atom. The van der Waals surface area contributed by atoms with Crippen LogP contribution in [0.15, 0.2) is 24.3 Å². The SMILES string of the molecule is CC(=O)NCC1CCCN(C(C)C(=O)NCc2ccccc2F)C1. The molecule has 0 radical (unpaired) electrons. The van der Waals surface area contributed by atoms with E-state index in [4.69, 9.17) is 0 Å². The smallest absolute Gasteiger partial charge is 0.237 e. The molecule has 1 fully saturated rings. The minimum Gasteiger partial charge on any atom is -0.356 e. The Bertz CT molecular complexity index is 579. The lowest BCUT2D eigenvalue weighted by atomic mass is 9.96. The van der Waals surface area contributed by atoms with Crippen LogP contribution in [0, 0.1) is 11.7 Å². The number of carbonyl (C=O) groups excluding carboxylic acids is 2. The normalized spacial score (nSPS) is 19.5. The number of hydrogen-bond acceptors (Lipinski definition) is 3. The van der Waals surface area contributed by atoms with Crippen molar-refractivity contribution in [2.45, 2.75) is 39.3 Å². The molecule has 2 unspecified atom stereocenters. The maximum atomic E-state index is 13.6. The van der Waals surface area contributed by atoms with Crippen LogP contribution in [0.5, 0.6) is 0 Å². The highest BCUT2D eigenvalue weighted by molar-refractivity contribution is 5.81. The second-order valence-corrected chi connectivity index (χ2v) is 6.43. The van der Waals surface area contributed by atoms with Crippen LogP contribution < -0.4 is 10.6 Å². The first kappa shape index (κ1) is 18.4. The van der Waals surface area contributed by atoms with Crippen molar-refractivity contribution in [3.8, 4) is 0 Å². The van der Waals surface area contributed by atoms with Gasteiger partial charge in [-0.3, -0.25) is 14.5 Å². The third kappa shape index (κ3) is 5.30. The molecule has 0 aliphatic carbocycles. The summed E-state index contributed by atoms with van der Waals surface area (Å²) in [7, 11) is 0. The van der Waals surface area contributed by atoms with E-state index in [1.807, 2.05) is 6.92 Å². The Kier molecular flexibility index (Phi) is 6.73. The van der Waals surface area contributed by atoms with Crippen molar-refractivity contribution in [3.63, 3.8) is 0 Å². The van der Waals surface area contributed by atoms with Gasteiger partial charge < -0.3 is 10.6 Å². The summed E-state index contributed by atoms with van der Waals surface area (Å²) < 4.78 is 13.6. The number of rotatable bonds is 6. The minimum atomic E-state index is -0.307. The second kappa shape index (κ2) is 8.78. The highest BCUT2D eigenvalue weighted by atomic mass is 19.1. The Hall–Kier alpha value is -1.95. The summed E-state index contributed by atoms with van der Waals surface area (Å²) in [6.07, 6.45) is 2.07. The molecule has 0 aromatic heterocycles. The van der Waals surface area contributed by atoms with Crippen molar-refractivity contribution < 1.29 is 14.0 Å². The van der Waals surface area contributed by atoms with Crippen LogP contribution in [0.4, 0.5) is 4.39 Å². The van der Waals surface area contributed by atoms with E-state index < -0.39 is 0 Å². The average Bonchev–Trinajstić information content (AvgIpc) is 2.58. The van der Waals surface area contributed by atoms with E-state index >= 15 is 0 Å². The van der Waals surface area contributed by atoms with Crippen molar-refractivity contribution >= 4 is 11.8 Å². The minimum absolute atomic E-state index is 0.0252. The van der Waals surface area contributed by atoms with Gasteiger partial charge in [0.05, 0.1) is 6.04 Å². The molecule has 2 rings (SSSR count). The van der Waals surface area contributed by atoms with Gasteiger partial charge >= 0.3 is 0 Å². The molecule has 1 aromatic carbocycles. The zero-order chi connectivity index (χ0) is 17.5. The molecule has 1 aliphatic rings. The maximum absolute atomic E-state index is 13.6. The van der Waals surface area contributed by atoms with Gasteiger partial charge in [-0.15, -0.1) is 0 Å². The van der Waals surface area contributed by atoms with Gasteiger partial charge in [0.15, 0.2) is 0 Å². The number of nitrogens with zero attached hydrogens (tertiary/aromatic N) is 1. The summed E-state index contributed by atoms with van der Waals surface area (Å²) in [5.41, 5.74) is 0.486. The standard InChI is InChI=1S/C18H26FN3O2/c1-13(18(24)21-11-16-7-3-4-8-17(16)19)22-9-5-6-15(12-22)10-20-14(2)23/h3-4,7-8,13,15H,5-6,9-12H2,1-2H3,(H,20,23)(H,21,24). The molecule has 2 N–H and O–H groups in total. The van der Waals surface area contributed by atoms with Crippen molar-refractivity contribution in [2.75, 3.05) is 19.6 Å². The van der Waals surface area contributed by atoms with Crippen LogP contribution in [-0.2, 0) is 16.1 Å². The van der Waals surface area contributed by atoms with Crippen LogP contribution in [0.25, 0.3) is 0 Å². The van der Waals surface area contributed by atoms with Crippen LogP contribution in [-0.4, -0.2) is 42.4 Å². The molecular formula is C18H26FN3O2. The number of benzene rings is 1. The van der Waals surface area contributed by atoms with Gasteiger partial charge in [-0.2, -0.15) is 0 Å². The first-order valence-electron chi connectivity index (χ1n) is 8.47. The molecule has 1 aliphatic heterocycles. The van der Waals surface area contributed by atoms with Gasteiger partial charge in [-0.25, -0.2) is 4.39 Å². The summed E-state index contributed by atoms with van der Waals surface area (Å²) in [6.45, 7) is 5.88. The molecule has 132 valence electrons. The molecule has 1 heterocycles. The van der Waals surface area contributed by atoms with E-state index in [0.717, 1.165) is 25.9 Å². The largest absolute Gasteiger partial charge is 0.356 e. The molecule has 2 atom stereocenters. The molecule has 1 saturated heterocycles. The van der Waals surface area contributed by atoms with Crippen molar-refractivity contribution in [1.82, 2.24) is 15.5 Å². The van der Waals surface area contributed by atoms with E-state index in [1.165, 1.54) is 13.0 Å². The molecule has 1 aromatic rings. The van der Waals surface area contributed by atoms with Crippen LogP contribution in [0.1, 0.15) is 32.3 Å². The second-order valence-electron chi connectivity index (χ2n) is 6.43. The van der Waals surface area contributed by atoms with E-state index in [1.54, 1.807) is 18.2 Å². The van der Waals surface area contributed by atoms with Gasteiger partial charge in [0.2, 0.25) is 11.8 Å². The lowest BCUT2D eigenvalue weighted by Gasteiger charge is -2.36. The molecule has 5 nitrogen and oxygen atoms in total. The van der Waals surface area contributed by atoms with Crippen molar-refractivity contribution in [2.24, 2.45) is 5.92 Å². The zero-order valence-corrected chi connectivity index (χ0v) is 14.3. The highest BCUT2D eigenvalue weighted by Gasteiger charge is 2.27. The third-order valence-corrected chi connectivity index (χ3v) is 4.53. The first-order valence-corrected chi connectivity index (χ1v) is 8.47. The van der Waals surface area contributed by atoms with Crippen LogP contribution in [0.3, 0.4) is 0 Å². The van der Waals surface area contributed by atoms with E-state index in [9.17, 15) is 14.0 Å². The topological polar surface area (TPSA) is 61.4 Å². The Balaban J connectivity index is 1.83. The van der Waals surface area contributed by atoms with Gasteiger partial charge in [0.1, 0.15) is 5.82 Å². The highest BCUT2D eigenvalue weighted by Crippen LogP contribution is 2.18. The van der Waals surface area contributed by atoms with E-state index in [2.05, 4.69) is 15.5 Å². The maximum Gasteiger partial charge on any atom is 0.237 e. The zero-order valence-electron chi connectivity index (χ0n) is 14.3. The number of piperidine rings is 1. The fraction of sp³-hybridized carbons (Fsp3) is 0.556. The average molecular weight is 335 g/mol. The number of likely N-dealkylation sites (tertiary alicyclic amines) is 1. The lowest BCUT2D eigenvalue weighted by molar-refractivity contribution is -0.127. The fourth-order valence-electron chi connectivity index (χ4n) is 3.04. The Labute approximate surface area is 142 Å². The van der Waals surface area contributed by atoms with Crippen molar-refractivity contribution in [1.29, 1.82) is 0 Å². The molecule has 0 spiro atoms. The molecule has 2 amide bonds. The van der Waals surface area contributed by atoms with Gasteiger partial charge in [-0.05, 0) is 38.3 Å². The summed E-state index contributed by atoms with van der Waals surface area (Å²) in [6, 6.07) is 6.18. The number of nitrogens with one attached hydrogen (secondary N) is 2. The van der Waals surface area contributed by atoms with Crippen molar-refractivity contribution in [3.05, 3.63) is 35.6 Å². The Morgan fingerprint density at radius 2 is 2.08 bits per heavy atom. The molecule has 0 bridgehead atoms. The molecule has 0 saturated carbocycles. The number of hydrogen-bond donors (Lipinski definition) is 2. The van der Waals surface area contributed by atoms with E-state index in [0.29, 0.717) is 18.0 Å². The molecule has 6 heteroatoms. The van der Waals surface area contributed by atoms with Gasteiger partial charge in [-0.1, -0.05) is 18.2 Å². The van der Waals surface area contributed by atoms with E-state index in [-0.39, 0.29) is 30.2 Å². The Morgan fingerprint density at radius 3 is 2.79 bits per heavy atom. The predicted molar refractivity (Wildman–Crippen MR) is 90.7 cm³/mol. The quantitative estimate of drug-likeness (QED) is 0.831. The first-order chi connectivity index (χ1) is 11.5. The van der Waals surface area contributed by atoms with Crippen LogP contribution in [0.2, 0.25) is 0 Å². The molecule has 24 heavy (non-hydrogen) atoms. The lowest BCUT2D eigenvalue weighted by Crippen LogP contribution is -2.50.